The molecule has 0 unspecified atom stereocenters. The van der Waals surface area contributed by atoms with E-state index in [1.54, 1.807) is 7.05 Å². The average Bonchev–Trinajstić information content (AvgIpc) is 2.06. The highest BCUT2D eigenvalue weighted by molar-refractivity contribution is 5.75. The van der Waals surface area contributed by atoms with Crippen molar-refractivity contribution in [2.45, 2.75) is 38.5 Å². The molecule has 0 N–H and O–H groups in total. The number of nitrogens with zero attached hydrogens (tertiary/aromatic N) is 1. The first-order chi connectivity index (χ1) is 5.33. The van der Waals surface area contributed by atoms with Crippen LogP contribution < -0.4 is 5.32 Å². The lowest BCUT2D eigenvalue weighted by molar-refractivity contribution is -0.122. The molecule has 0 spiro atoms. The normalized spacial score (nSPS) is 19.7. The fourth-order valence-electron chi connectivity index (χ4n) is 1.73. The summed E-state index contributed by atoms with van der Waals surface area (Å²) in [6, 6.07) is 0. The minimum Gasteiger partial charge on any atom is -0.273 e. The molecule has 1 aliphatic carbocycles. The summed E-state index contributed by atoms with van der Waals surface area (Å²) in [6.45, 7) is 0. The van der Waals surface area contributed by atoms with Crippen molar-refractivity contribution in [3.63, 3.8) is 0 Å². The van der Waals surface area contributed by atoms with Crippen LogP contribution in [0.2, 0.25) is 0 Å². The number of hydrogen-bond acceptors (Lipinski definition) is 1. The average molecular weight is 154 g/mol. The molecule has 0 bridgehead atoms. The van der Waals surface area contributed by atoms with Gasteiger partial charge in [0.05, 0.1) is 0 Å². The van der Waals surface area contributed by atoms with E-state index >= 15 is 0 Å². The van der Waals surface area contributed by atoms with E-state index in [-0.39, 0.29) is 5.91 Å². The van der Waals surface area contributed by atoms with Gasteiger partial charge in [0, 0.05) is 13.5 Å². The molecule has 11 heavy (non-hydrogen) atoms. The summed E-state index contributed by atoms with van der Waals surface area (Å²) in [5, 5.41) is 3.64. The van der Waals surface area contributed by atoms with Gasteiger partial charge in [-0.25, -0.2) is 0 Å². The maximum absolute atomic E-state index is 10.9. The van der Waals surface area contributed by atoms with Crippen molar-refractivity contribution in [3.8, 4) is 0 Å². The molecular formula is C9H16NO. The number of carbonyl (C=O) groups is 1. The third-order valence-corrected chi connectivity index (χ3v) is 2.44. The summed E-state index contributed by atoms with van der Waals surface area (Å²) in [7, 11) is 1.59. The molecule has 0 heterocycles. The van der Waals surface area contributed by atoms with E-state index in [2.05, 4.69) is 5.32 Å². The molecule has 1 saturated carbocycles. The Morgan fingerprint density at radius 2 is 2.00 bits per heavy atom. The van der Waals surface area contributed by atoms with Crippen LogP contribution >= 0.6 is 0 Å². The first kappa shape index (κ1) is 8.57. The van der Waals surface area contributed by atoms with E-state index in [1.807, 2.05) is 0 Å². The first-order valence-electron chi connectivity index (χ1n) is 4.45. The summed E-state index contributed by atoms with van der Waals surface area (Å²) >= 11 is 0. The van der Waals surface area contributed by atoms with E-state index in [0.717, 1.165) is 0 Å². The predicted octanol–water partition coefficient (Wildman–Crippen LogP) is 1.72. The molecule has 63 valence electrons. The van der Waals surface area contributed by atoms with Gasteiger partial charge in [-0.1, -0.05) is 19.3 Å². The fraction of sp³-hybridized carbons (Fsp3) is 0.889. The highest BCUT2D eigenvalue weighted by Crippen LogP contribution is 2.25. The topological polar surface area (TPSA) is 31.2 Å². The second kappa shape index (κ2) is 4.37. The van der Waals surface area contributed by atoms with Gasteiger partial charge in [-0.05, 0) is 18.8 Å². The van der Waals surface area contributed by atoms with Gasteiger partial charge in [0.25, 0.3) is 0 Å². The molecule has 2 heteroatoms. The molecule has 0 saturated heterocycles. The van der Waals surface area contributed by atoms with Crippen LogP contribution in [-0.4, -0.2) is 13.0 Å². The van der Waals surface area contributed by atoms with Gasteiger partial charge in [-0.3, -0.25) is 10.1 Å². The molecular weight excluding hydrogens is 138 g/mol. The number of hydrogen-bond donors (Lipinski definition) is 0. The van der Waals surface area contributed by atoms with Crippen LogP contribution in [0.15, 0.2) is 0 Å². The summed E-state index contributed by atoms with van der Waals surface area (Å²) in [6.07, 6.45) is 7.14. The first-order valence-corrected chi connectivity index (χ1v) is 4.45. The standard InChI is InChI=1S/C9H16NO/c1-10-9(11)7-8-5-3-2-4-6-8/h8H,2-7H2,1H3. The largest absolute Gasteiger partial charge is 0.273 e. The molecule has 0 atom stereocenters. The summed E-state index contributed by atoms with van der Waals surface area (Å²) < 4.78 is 0. The van der Waals surface area contributed by atoms with Crippen molar-refractivity contribution in [2.24, 2.45) is 5.92 Å². The highest BCUT2D eigenvalue weighted by Gasteiger charge is 2.16. The Morgan fingerprint density at radius 3 is 2.55 bits per heavy atom. The SMILES string of the molecule is C[N]C(=O)CC1CCCCC1. The van der Waals surface area contributed by atoms with Crippen molar-refractivity contribution in [2.75, 3.05) is 7.05 Å². The highest BCUT2D eigenvalue weighted by atomic mass is 16.1. The smallest absolute Gasteiger partial charge is 0.241 e. The molecule has 1 aliphatic rings. The van der Waals surface area contributed by atoms with Crippen LogP contribution in [0.1, 0.15) is 38.5 Å². The van der Waals surface area contributed by atoms with E-state index in [4.69, 9.17) is 0 Å². The number of carbonyl (C=O) groups excluding carboxylic acids is 1. The zero-order valence-electron chi connectivity index (χ0n) is 7.18. The van der Waals surface area contributed by atoms with Gasteiger partial charge >= 0.3 is 0 Å². The monoisotopic (exact) mass is 154 g/mol. The minimum atomic E-state index is 0.0805. The zero-order valence-corrected chi connectivity index (χ0v) is 7.18. The third kappa shape index (κ3) is 2.91. The Kier molecular flexibility index (Phi) is 3.40. The quantitative estimate of drug-likeness (QED) is 0.595. The van der Waals surface area contributed by atoms with Gasteiger partial charge < -0.3 is 0 Å². The zero-order chi connectivity index (χ0) is 8.10. The molecule has 1 radical (unpaired) electrons. The van der Waals surface area contributed by atoms with Crippen molar-refractivity contribution < 1.29 is 4.79 Å². The molecule has 1 rings (SSSR count). The Morgan fingerprint density at radius 1 is 1.36 bits per heavy atom. The number of amides is 1. The molecule has 1 fully saturated rings. The second-order valence-corrected chi connectivity index (χ2v) is 3.33. The van der Waals surface area contributed by atoms with Crippen molar-refractivity contribution in [1.29, 1.82) is 0 Å². The Hall–Kier alpha value is -0.530. The Bertz CT molecular complexity index is 128. The van der Waals surface area contributed by atoms with Crippen LogP contribution in [0.5, 0.6) is 0 Å². The summed E-state index contributed by atoms with van der Waals surface area (Å²) in [5.41, 5.74) is 0. The lowest BCUT2D eigenvalue weighted by Crippen LogP contribution is -2.17. The fourth-order valence-corrected chi connectivity index (χ4v) is 1.73. The molecule has 2 nitrogen and oxygen atoms in total. The maximum Gasteiger partial charge on any atom is 0.241 e. The lowest BCUT2D eigenvalue weighted by atomic mass is 9.87. The number of rotatable bonds is 2. The lowest BCUT2D eigenvalue weighted by Gasteiger charge is -2.19. The minimum absolute atomic E-state index is 0.0805. The van der Waals surface area contributed by atoms with E-state index in [9.17, 15) is 4.79 Å². The molecule has 0 aliphatic heterocycles. The van der Waals surface area contributed by atoms with Gasteiger partial charge in [0.15, 0.2) is 0 Å². The molecule has 1 amide bonds. The van der Waals surface area contributed by atoms with Gasteiger partial charge in [-0.15, -0.1) is 0 Å². The van der Waals surface area contributed by atoms with Gasteiger partial charge in [-0.2, -0.15) is 0 Å². The van der Waals surface area contributed by atoms with Crippen LogP contribution in [0.25, 0.3) is 0 Å². The third-order valence-electron chi connectivity index (χ3n) is 2.44. The van der Waals surface area contributed by atoms with E-state index in [1.165, 1.54) is 32.1 Å². The van der Waals surface area contributed by atoms with Crippen molar-refractivity contribution in [3.05, 3.63) is 0 Å². The van der Waals surface area contributed by atoms with E-state index in [0.29, 0.717) is 12.3 Å². The van der Waals surface area contributed by atoms with Gasteiger partial charge in [0.1, 0.15) is 0 Å². The van der Waals surface area contributed by atoms with Gasteiger partial charge in [0.2, 0.25) is 5.91 Å². The Balaban J connectivity index is 2.19. The second-order valence-electron chi connectivity index (χ2n) is 3.33. The Labute approximate surface area is 68.4 Å². The molecule has 0 aromatic rings. The summed E-state index contributed by atoms with van der Waals surface area (Å²) in [4.78, 5) is 10.9. The summed E-state index contributed by atoms with van der Waals surface area (Å²) in [5.74, 6) is 0.719. The van der Waals surface area contributed by atoms with Crippen molar-refractivity contribution in [1.82, 2.24) is 5.32 Å². The van der Waals surface area contributed by atoms with Crippen LogP contribution in [0.3, 0.4) is 0 Å². The predicted molar refractivity (Wildman–Crippen MR) is 44.3 cm³/mol. The molecule has 0 aromatic carbocycles. The molecule has 0 aromatic heterocycles. The maximum atomic E-state index is 10.9. The van der Waals surface area contributed by atoms with Crippen LogP contribution in [-0.2, 0) is 4.79 Å². The van der Waals surface area contributed by atoms with Crippen LogP contribution in [0.4, 0.5) is 0 Å². The van der Waals surface area contributed by atoms with E-state index < -0.39 is 0 Å². The van der Waals surface area contributed by atoms with Crippen molar-refractivity contribution >= 4 is 5.91 Å². The van der Waals surface area contributed by atoms with Crippen LogP contribution in [0, 0.1) is 5.92 Å².